The first-order chi connectivity index (χ1) is 13.3. The van der Waals surface area contributed by atoms with Crippen molar-refractivity contribution in [2.24, 2.45) is 0 Å². The molecule has 1 unspecified atom stereocenters. The van der Waals surface area contributed by atoms with E-state index in [1.54, 1.807) is 42.1 Å². The van der Waals surface area contributed by atoms with E-state index >= 15 is 0 Å². The summed E-state index contributed by atoms with van der Waals surface area (Å²) >= 11 is 5.34. The average molecular weight is 419 g/mol. The van der Waals surface area contributed by atoms with Gasteiger partial charge in [0.1, 0.15) is 4.91 Å². The normalized spacial score (nSPS) is 16.4. The summed E-state index contributed by atoms with van der Waals surface area (Å²) in [4.78, 5) is 20.2. The van der Waals surface area contributed by atoms with Crippen molar-refractivity contribution in [1.29, 1.82) is 0 Å². The van der Waals surface area contributed by atoms with Crippen LogP contribution in [-0.2, 0) is 10.0 Å². The number of aromatic nitrogens is 3. The number of nitrogens with one attached hydrogen (secondary N) is 2. The summed E-state index contributed by atoms with van der Waals surface area (Å²) in [6.45, 7) is 1.68. The van der Waals surface area contributed by atoms with E-state index in [2.05, 4.69) is 15.3 Å². The van der Waals surface area contributed by atoms with Crippen molar-refractivity contribution < 1.29 is 17.9 Å². The van der Waals surface area contributed by atoms with Crippen LogP contribution in [0.2, 0.25) is 0 Å². The molecule has 2 aromatic rings. The maximum absolute atomic E-state index is 12.7. The monoisotopic (exact) mass is 419 g/mol. The minimum Gasteiger partial charge on any atom is -0.481 e. The molecule has 0 spiro atoms. The van der Waals surface area contributed by atoms with E-state index in [-0.39, 0.29) is 21.6 Å². The molecule has 0 saturated carbocycles. The van der Waals surface area contributed by atoms with Crippen LogP contribution >= 0.6 is 12.2 Å². The second-order valence-electron chi connectivity index (χ2n) is 5.79. The molecule has 0 fully saturated rings. The summed E-state index contributed by atoms with van der Waals surface area (Å²) in [7, 11) is -2.78. The molecule has 0 bridgehead atoms. The average Bonchev–Trinajstić information content (AvgIpc) is 3.14. The zero-order valence-electron chi connectivity index (χ0n) is 15.0. The molecule has 1 atom stereocenters. The third kappa shape index (κ3) is 4.26. The minimum absolute atomic E-state index is 0.0881. The Hall–Kier alpha value is -3.05. The third-order valence-electron chi connectivity index (χ3n) is 3.78. The lowest BCUT2D eigenvalue weighted by molar-refractivity contribution is 0.256. The maximum atomic E-state index is 12.7. The molecule has 2 amide bonds. The number of anilines is 1. The number of rotatable bonds is 5. The Morgan fingerprint density at radius 1 is 1.29 bits per heavy atom. The number of amides is 2. The van der Waals surface area contributed by atoms with Crippen molar-refractivity contribution in [2.45, 2.75) is 13.0 Å². The number of thiocarbonyl (C=S) groups is 1. The Morgan fingerprint density at radius 2 is 2.00 bits per heavy atom. The topological polar surface area (TPSA) is 115 Å². The van der Waals surface area contributed by atoms with Gasteiger partial charge in [-0.05, 0) is 25.1 Å². The fraction of sp³-hybridized carbons (Fsp3) is 0.176. The number of urea groups is 1. The van der Waals surface area contributed by atoms with Crippen LogP contribution in [0.3, 0.4) is 0 Å². The minimum atomic E-state index is -4.20. The first kappa shape index (κ1) is 19.7. The Labute approximate surface area is 167 Å². The fourth-order valence-corrected chi connectivity index (χ4v) is 4.20. The predicted octanol–water partition coefficient (Wildman–Crippen LogP) is 2.11. The molecular weight excluding hydrogens is 402 g/mol. The molecule has 0 aromatic carbocycles. The number of nitrogens with zero attached hydrogens (tertiary/aromatic N) is 3. The molecule has 146 valence electrons. The molecule has 0 saturated heterocycles. The molecule has 2 heterocycles. The Balaban J connectivity index is 1.75. The Bertz CT molecular complexity index is 1070. The fourth-order valence-electron chi connectivity index (χ4n) is 2.56. The molecule has 9 nitrogen and oxygen atoms in total. The van der Waals surface area contributed by atoms with Gasteiger partial charge in [-0.25, -0.2) is 22.9 Å². The highest BCUT2D eigenvalue weighted by Gasteiger charge is 2.30. The van der Waals surface area contributed by atoms with Crippen molar-refractivity contribution in [3.8, 4) is 5.88 Å². The van der Waals surface area contributed by atoms with Gasteiger partial charge in [0.15, 0.2) is 0 Å². The van der Waals surface area contributed by atoms with Crippen LogP contribution in [0.1, 0.15) is 11.7 Å². The second-order valence-corrected chi connectivity index (χ2v) is 7.88. The highest BCUT2D eigenvalue weighted by atomic mass is 32.2. The summed E-state index contributed by atoms with van der Waals surface area (Å²) in [6.07, 6.45) is 8.26. The van der Waals surface area contributed by atoms with Gasteiger partial charge >= 0.3 is 6.03 Å². The number of carbonyl (C=O) groups is 1. The molecule has 3 rings (SSSR count). The molecule has 11 heteroatoms. The second kappa shape index (κ2) is 7.90. The van der Waals surface area contributed by atoms with E-state index in [4.69, 9.17) is 17.0 Å². The van der Waals surface area contributed by atoms with Gasteiger partial charge in [0.2, 0.25) is 11.8 Å². The van der Waals surface area contributed by atoms with E-state index in [1.807, 2.05) is 16.9 Å². The van der Waals surface area contributed by atoms with Crippen LogP contribution in [0.4, 0.5) is 10.7 Å². The highest BCUT2D eigenvalue weighted by molar-refractivity contribution is 7.97. The Morgan fingerprint density at radius 3 is 2.68 bits per heavy atom. The standard InChI is InChI=1S/C17H17N5O4S2/c1-11-10-14(26-2)19-16(18-11)20-17(23)21-28(24,25)13-7-5-6-12(15(13)27)22-8-3-4-9-22/h3-10,12H,1-2H3,(H2,18,19,20,21,23). The van der Waals surface area contributed by atoms with E-state index in [0.717, 1.165) is 0 Å². The summed E-state index contributed by atoms with van der Waals surface area (Å²) in [5.41, 5.74) is 0.542. The Kier molecular flexibility index (Phi) is 5.56. The quantitative estimate of drug-likeness (QED) is 0.713. The van der Waals surface area contributed by atoms with Crippen molar-refractivity contribution in [2.75, 3.05) is 12.4 Å². The summed E-state index contributed by atoms with van der Waals surface area (Å²) in [6, 6.07) is 3.74. The van der Waals surface area contributed by atoms with E-state index in [0.29, 0.717) is 5.69 Å². The molecule has 2 N–H and O–H groups in total. The number of hydrogen-bond acceptors (Lipinski definition) is 7. The van der Waals surface area contributed by atoms with Crippen LogP contribution in [0.5, 0.6) is 5.88 Å². The van der Waals surface area contributed by atoms with Gasteiger partial charge < -0.3 is 9.30 Å². The molecule has 0 aliphatic heterocycles. The highest BCUT2D eigenvalue weighted by Crippen LogP contribution is 2.24. The number of aryl methyl sites for hydroxylation is 1. The molecule has 2 aromatic heterocycles. The number of sulfonamides is 1. The number of ether oxygens (including phenoxy) is 1. The van der Waals surface area contributed by atoms with Crippen LogP contribution in [0.25, 0.3) is 0 Å². The molecular formula is C17H17N5O4S2. The van der Waals surface area contributed by atoms with E-state index in [1.165, 1.54) is 13.2 Å². The predicted molar refractivity (Wildman–Crippen MR) is 108 cm³/mol. The van der Waals surface area contributed by atoms with Crippen molar-refractivity contribution >= 4 is 39.1 Å². The summed E-state index contributed by atoms with van der Waals surface area (Å²) in [5.74, 6) is 0.149. The van der Waals surface area contributed by atoms with Gasteiger partial charge in [-0.3, -0.25) is 5.32 Å². The van der Waals surface area contributed by atoms with Gasteiger partial charge in [-0.1, -0.05) is 24.4 Å². The number of allylic oxidation sites excluding steroid dienone is 4. The van der Waals surface area contributed by atoms with Gasteiger partial charge in [-0.2, -0.15) is 4.98 Å². The van der Waals surface area contributed by atoms with E-state index in [9.17, 15) is 13.2 Å². The van der Waals surface area contributed by atoms with E-state index < -0.39 is 22.1 Å². The van der Waals surface area contributed by atoms with Crippen molar-refractivity contribution in [1.82, 2.24) is 19.3 Å². The number of hydrogen-bond donors (Lipinski definition) is 2. The number of methoxy groups -OCH3 is 1. The van der Waals surface area contributed by atoms with Crippen LogP contribution in [-0.4, -0.2) is 41.0 Å². The lowest BCUT2D eigenvalue weighted by Crippen LogP contribution is -2.38. The molecule has 0 radical (unpaired) electrons. The molecule has 28 heavy (non-hydrogen) atoms. The first-order valence-corrected chi connectivity index (χ1v) is 9.98. The summed E-state index contributed by atoms with van der Waals surface area (Å²) in [5, 5.41) is 2.28. The van der Waals surface area contributed by atoms with Crippen LogP contribution in [0.15, 0.2) is 53.7 Å². The zero-order valence-corrected chi connectivity index (χ0v) is 16.6. The van der Waals surface area contributed by atoms with Gasteiger partial charge in [0.25, 0.3) is 10.0 Å². The van der Waals surface area contributed by atoms with Crippen LogP contribution < -0.4 is 14.8 Å². The SMILES string of the molecule is COc1cc(C)nc(NC(=O)NS(=O)(=O)C2=CC=CC(n3cccc3)C2=S)n1. The van der Waals surface area contributed by atoms with Gasteiger partial charge in [0, 0.05) is 24.2 Å². The molecule has 1 aliphatic carbocycles. The third-order valence-corrected chi connectivity index (χ3v) is 5.76. The van der Waals surface area contributed by atoms with Gasteiger partial charge in [-0.15, -0.1) is 0 Å². The largest absolute Gasteiger partial charge is 0.481 e. The first-order valence-electron chi connectivity index (χ1n) is 8.09. The molecule has 1 aliphatic rings. The van der Waals surface area contributed by atoms with Crippen molar-refractivity contribution in [3.05, 3.63) is 59.4 Å². The smallest absolute Gasteiger partial charge is 0.335 e. The van der Waals surface area contributed by atoms with Crippen LogP contribution in [0, 0.1) is 6.92 Å². The summed E-state index contributed by atoms with van der Waals surface area (Å²) < 4.78 is 34.0. The van der Waals surface area contributed by atoms with Crippen molar-refractivity contribution in [3.63, 3.8) is 0 Å². The van der Waals surface area contributed by atoms with Gasteiger partial charge in [0.05, 0.1) is 18.0 Å². The number of carbonyl (C=O) groups excluding carboxylic acids is 1. The lowest BCUT2D eigenvalue weighted by Gasteiger charge is -2.21. The maximum Gasteiger partial charge on any atom is 0.335 e. The lowest BCUT2D eigenvalue weighted by atomic mass is 10.1. The zero-order chi connectivity index (χ0) is 20.3.